The summed E-state index contributed by atoms with van der Waals surface area (Å²) < 4.78 is 26.9. The third kappa shape index (κ3) is 45.2. The van der Waals surface area contributed by atoms with Crippen molar-refractivity contribution in [1.82, 2.24) is 5.32 Å². The van der Waals surface area contributed by atoms with Crippen LogP contribution in [0.1, 0.15) is 219 Å². The second kappa shape index (κ2) is 43.8. The molecular formula is C47H88NO8P. The molecule has 0 spiro atoms. The molecule has 10 heteroatoms. The molecule has 0 aliphatic heterocycles. The summed E-state index contributed by atoms with van der Waals surface area (Å²) in [5, 5.41) is 12.7. The number of hydrogen-bond donors (Lipinski definition) is 3. The molecule has 57 heavy (non-hydrogen) atoms. The molecule has 0 heterocycles. The largest absolute Gasteiger partial charge is 0.472 e. The Labute approximate surface area is 350 Å². The second-order valence-electron chi connectivity index (χ2n) is 15.7. The molecule has 2 atom stereocenters. The first-order valence-corrected chi connectivity index (χ1v) is 25.0. The van der Waals surface area contributed by atoms with E-state index in [1.54, 1.807) is 0 Å². The third-order valence-corrected chi connectivity index (χ3v) is 11.0. The van der Waals surface area contributed by atoms with Gasteiger partial charge in [-0.25, -0.2) is 4.57 Å². The highest BCUT2D eigenvalue weighted by atomic mass is 31.2. The number of phosphoric acid groups is 1. The molecule has 0 bridgehead atoms. The van der Waals surface area contributed by atoms with E-state index in [4.69, 9.17) is 13.8 Å². The first-order valence-electron chi connectivity index (χ1n) is 23.5. The van der Waals surface area contributed by atoms with Crippen LogP contribution < -0.4 is 5.32 Å². The number of amides is 1. The summed E-state index contributed by atoms with van der Waals surface area (Å²) in [4.78, 5) is 34.0. The quantitative estimate of drug-likeness (QED) is 0.0239. The number of nitrogens with one attached hydrogen (secondary N) is 1. The highest BCUT2D eigenvalue weighted by Crippen LogP contribution is 2.42. The summed E-state index contributed by atoms with van der Waals surface area (Å²) in [6.07, 6.45) is 49.3. The monoisotopic (exact) mass is 826 g/mol. The fourth-order valence-corrected chi connectivity index (χ4v) is 7.22. The van der Waals surface area contributed by atoms with Crippen molar-refractivity contribution in [3.63, 3.8) is 0 Å². The molecule has 0 aromatic heterocycles. The van der Waals surface area contributed by atoms with Crippen LogP contribution >= 0.6 is 7.82 Å². The maximum Gasteiger partial charge on any atom is 0.472 e. The predicted octanol–water partition coefficient (Wildman–Crippen LogP) is 13.3. The van der Waals surface area contributed by atoms with Crippen LogP contribution in [0.5, 0.6) is 0 Å². The number of hydrogen-bond acceptors (Lipinski definition) is 7. The van der Waals surface area contributed by atoms with Gasteiger partial charge in [0.1, 0.15) is 12.7 Å². The average molecular weight is 826 g/mol. The highest BCUT2D eigenvalue weighted by molar-refractivity contribution is 7.47. The van der Waals surface area contributed by atoms with Crippen LogP contribution in [-0.2, 0) is 27.9 Å². The molecule has 1 amide bonds. The van der Waals surface area contributed by atoms with Crippen molar-refractivity contribution in [3.8, 4) is 0 Å². The second-order valence-corrected chi connectivity index (χ2v) is 17.2. The predicted molar refractivity (Wildman–Crippen MR) is 238 cm³/mol. The SMILES string of the molecule is CCCCC/C=C\C/C=C\CCCCCCCCCCCCCC(=O)OCC(O)COP(=O)(O)OCCNC(=O)CCCCCCC/C=C\CCCCCCCC. The van der Waals surface area contributed by atoms with Gasteiger partial charge in [0.15, 0.2) is 0 Å². The molecule has 0 saturated carbocycles. The van der Waals surface area contributed by atoms with Gasteiger partial charge in [-0.05, 0) is 70.6 Å². The zero-order valence-electron chi connectivity index (χ0n) is 36.8. The van der Waals surface area contributed by atoms with Gasteiger partial charge in [0.05, 0.1) is 13.2 Å². The first kappa shape index (κ1) is 55.2. The standard InChI is InChI=1S/C47H88NO8P/c1-3-5-7-9-11-13-15-17-19-20-21-22-23-24-26-28-30-32-34-36-38-40-47(51)54-43-45(49)44-56-57(52,53)55-42-41-48-46(50)39-37-35-33-31-29-27-25-18-16-14-12-10-8-6-4-2/h11,13,17-19,25,45,49H,3-10,12,14-16,20-24,26-44H2,1-2H3,(H,48,50)(H,52,53)/b13-11-,19-17-,25-18-. The van der Waals surface area contributed by atoms with E-state index >= 15 is 0 Å². The smallest absolute Gasteiger partial charge is 0.463 e. The number of rotatable bonds is 44. The third-order valence-electron chi connectivity index (χ3n) is 10.0. The lowest BCUT2D eigenvalue weighted by Gasteiger charge is -2.15. The number of aliphatic hydroxyl groups excluding tert-OH is 1. The molecule has 2 unspecified atom stereocenters. The molecule has 0 fully saturated rings. The van der Waals surface area contributed by atoms with E-state index in [1.165, 1.54) is 135 Å². The Bertz CT molecular complexity index is 1030. The lowest BCUT2D eigenvalue weighted by molar-refractivity contribution is -0.147. The summed E-state index contributed by atoms with van der Waals surface area (Å²) in [6, 6.07) is 0. The molecule has 0 aliphatic rings. The molecule has 0 rings (SSSR count). The fraction of sp³-hybridized carbons (Fsp3) is 0.830. The van der Waals surface area contributed by atoms with Gasteiger partial charge in [0.25, 0.3) is 0 Å². The van der Waals surface area contributed by atoms with Gasteiger partial charge in [0.2, 0.25) is 5.91 Å². The van der Waals surface area contributed by atoms with Crippen molar-refractivity contribution in [1.29, 1.82) is 0 Å². The zero-order valence-corrected chi connectivity index (χ0v) is 37.7. The number of esters is 1. The van der Waals surface area contributed by atoms with Crippen molar-refractivity contribution in [2.75, 3.05) is 26.4 Å². The van der Waals surface area contributed by atoms with E-state index in [2.05, 4.69) is 55.6 Å². The van der Waals surface area contributed by atoms with E-state index in [-0.39, 0.29) is 32.1 Å². The molecule has 0 saturated heterocycles. The van der Waals surface area contributed by atoms with Crippen LogP contribution in [0.3, 0.4) is 0 Å². The number of unbranched alkanes of at least 4 members (excludes halogenated alkanes) is 25. The van der Waals surface area contributed by atoms with Crippen LogP contribution in [0.25, 0.3) is 0 Å². The van der Waals surface area contributed by atoms with Gasteiger partial charge in [-0.2, -0.15) is 0 Å². The van der Waals surface area contributed by atoms with Crippen molar-refractivity contribution >= 4 is 19.7 Å². The van der Waals surface area contributed by atoms with E-state index in [1.807, 2.05) is 0 Å². The maximum atomic E-state index is 12.1. The van der Waals surface area contributed by atoms with Gasteiger partial charge in [0, 0.05) is 19.4 Å². The topological polar surface area (TPSA) is 131 Å². The first-order chi connectivity index (χ1) is 27.8. The molecule has 9 nitrogen and oxygen atoms in total. The normalized spacial score (nSPS) is 13.5. The Kier molecular flexibility index (Phi) is 42.4. The molecule has 0 aromatic carbocycles. The summed E-state index contributed by atoms with van der Waals surface area (Å²) in [5.74, 6) is -0.523. The minimum absolute atomic E-state index is 0.0779. The molecule has 3 N–H and O–H groups in total. The summed E-state index contributed by atoms with van der Waals surface area (Å²) in [5.41, 5.74) is 0. The summed E-state index contributed by atoms with van der Waals surface area (Å²) in [6.45, 7) is 3.53. The lowest BCUT2D eigenvalue weighted by Crippen LogP contribution is -2.27. The van der Waals surface area contributed by atoms with Crippen molar-refractivity contribution in [2.45, 2.75) is 225 Å². The number of carbonyl (C=O) groups is 2. The van der Waals surface area contributed by atoms with E-state index in [9.17, 15) is 24.2 Å². The minimum atomic E-state index is -4.42. The summed E-state index contributed by atoms with van der Waals surface area (Å²) in [7, 11) is -4.42. The minimum Gasteiger partial charge on any atom is -0.463 e. The Morgan fingerprint density at radius 1 is 0.544 bits per heavy atom. The molecule has 0 aliphatic carbocycles. The van der Waals surface area contributed by atoms with Crippen LogP contribution in [0.4, 0.5) is 0 Å². The van der Waals surface area contributed by atoms with Crippen LogP contribution in [-0.4, -0.2) is 54.3 Å². The van der Waals surface area contributed by atoms with Gasteiger partial charge in [-0.3, -0.25) is 18.6 Å². The fourth-order valence-electron chi connectivity index (χ4n) is 6.46. The maximum absolute atomic E-state index is 12.1. The molecule has 0 aromatic rings. The van der Waals surface area contributed by atoms with Gasteiger partial charge >= 0.3 is 13.8 Å². The summed E-state index contributed by atoms with van der Waals surface area (Å²) >= 11 is 0. The van der Waals surface area contributed by atoms with Gasteiger partial charge in [-0.15, -0.1) is 0 Å². The average Bonchev–Trinajstić information content (AvgIpc) is 3.20. The van der Waals surface area contributed by atoms with Crippen molar-refractivity contribution in [2.24, 2.45) is 0 Å². The van der Waals surface area contributed by atoms with E-state index < -0.39 is 26.5 Å². The number of ether oxygens (including phenoxy) is 1. The molecular weight excluding hydrogens is 737 g/mol. The Hall–Kier alpha value is -1.77. The van der Waals surface area contributed by atoms with Gasteiger partial charge < -0.3 is 20.1 Å². The Morgan fingerprint density at radius 3 is 1.46 bits per heavy atom. The van der Waals surface area contributed by atoms with Crippen LogP contribution in [0.15, 0.2) is 36.5 Å². The van der Waals surface area contributed by atoms with Crippen LogP contribution in [0, 0.1) is 0 Å². The highest BCUT2D eigenvalue weighted by Gasteiger charge is 2.23. The molecule has 334 valence electrons. The van der Waals surface area contributed by atoms with Crippen molar-refractivity contribution in [3.05, 3.63) is 36.5 Å². The number of allylic oxidation sites excluding steroid dienone is 6. The Balaban J connectivity index is 3.58. The van der Waals surface area contributed by atoms with Crippen molar-refractivity contribution < 1.29 is 37.9 Å². The van der Waals surface area contributed by atoms with Crippen LogP contribution in [0.2, 0.25) is 0 Å². The zero-order chi connectivity index (χ0) is 41.8. The van der Waals surface area contributed by atoms with E-state index in [0.717, 1.165) is 57.8 Å². The Morgan fingerprint density at radius 2 is 0.947 bits per heavy atom. The number of carbonyl (C=O) groups excluding carboxylic acids is 2. The van der Waals surface area contributed by atoms with E-state index in [0.29, 0.717) is 6.42 Å². The molecule has 0 radical (unpaired) electrons. The van der Waals surface area contributed by atoms with Gasteiger partial charge in [-0.1, -0.05) is 172 Å². The number of phosphoric ester groups is 1. The lowest BCUT2D eigenvalue weighted by atomic mass is 10.0. The number of aliphatic hydroxyl groups is 1.